The van der Waals surface area contributed by atoms with Crippen LogP contribution < -0.4 is 0 Å². The Labute approximate surface area is 150 Å². The normalized spacial score (nSPS) is 12.2. The van der Waals surface area contributed by atoms with Crippen molar-refractivity contribution in [2.24, 2.45) is 4.99 Å². The van der Waals surface area contributed by atoms with Crippen molar-refractivity contribution >= 4 is 5.71 Å². The second-order valence-corrected chi connectivity index (χ2v) is 6.01. The Hall–Kier alpha value is -3.32. The summed E-state index contributed by atoms with van der Waals surface area (Å²) in [5, 5.41) is 0. The number of fused-ring (bicyclic) bond motifs is 1. The Balaban J connectivity index is 1.62. The zero-order valence-electron chi connectivity index (χ0n) is 13.8. The average Bonchev–Trinajstić information content (AvgIpc) is 3.07. The van der Waals surface area contributed by atoms with Crippen LogP contribution >= 0.6 is 0 Å². The fourth-order valence-electron chi connectivity index (χ4n) is 2.91. The highest BCUT2D eigenvalue weighted by Gasteiger charge is 2.16. The minimum absolute atomic E-state index is 0.317. The third-order valence-electron chi connectivity index (χ3n) is 4.24. The quantitative estimate of drug-likeness (QED) is 0.636. The molecule has 26 heavy (non-hydrogen) atoms. The third-order valence-corrected chi connectivity index (χ3v) is 4.24. The second kappa shape index (κ2) is 6.89. The maximum atomic E-state index is 13.9. The molecule has 126 valence electrons. The Morgan fingerprint density at radius 1 is 0.962 bits per heavy atom. The molecule has 0 atom stereocenters. The lowest BCUT2D eigenvalue weighted by atomic mass is 9.98. The third kappa shape index (κ3) is 3.25. The standard InChI is InChI=1S/C22H14F2N2/c23-20-6-3-4-16(22(20)24)12-15-7-8-17-14-26-21(19(17)13-15)10-9-18-5-1-2-11-25-18/h1-8,11,13H,12,14H2. The lowest BCUT2D eigenvalue weighted by Crippen LogP contribution is -2.00. The summed E-state index contributed by atoms with van der Waals surface area (Å²) in [6.07, 6.45) is 2.01. The molecule has 0 fully saturated rings. The van der Waals surface area contributed by atoms with E-state index in [1.807, 2.05) is 36.4 Å². The van der Waals surface area contributed by atoms with Crippen LogP contribution in [0, 0.1) is 23.5 Å². The van der Waals surface area contributed by atoms with Gasteiger partial charge in [0.25, 0.3) is 0 Å². The van der Waals surface area contributed by atoms with E-state index in [1.54, 1.807) is 12.3 Å². The fourth-order valence-corrected chi connectivity index (χ4v) is 2.91. The highest BCUT2D eigenvalue weighted by molar-refractivity contribution is 6.15. The van der Waals surface area contributed by atoms with Crippen LogP contribution in [-0.2, 0) is 13.0 Å². The minimum Gasteiger partial charge on any atom is -0.271 e. The summed E-state index contributed by atoms with van der Waals surface area (Å²) in [5.74, 6) is 4.46. The van der Waals surface area contributed by atoms with E-state index in [-0.39, 0.29) is 0 Å². The van der Waals surface area contributed by atoms with Gasteiger partial charge < -0.3 is 0 Å². The van der Waals surface area contributed by atoms with E-state index in [4.69, 9.17) is 0 Å². The first-order chi connectivity index (χ1) is 12.7. The number of aromatic nitrogens is 1. The van der Waals surface area contributed by atoms with E-state index < -0.39 is 11.6 Å². The number of hydrogen-bond donors (Lipinski definition) is 0. The van der Waals surface area contributed by atoms with Gasteiger partial charge >= 0.3 is 0 Å². The monoisotopic (exact) mass is 344 g/mol. The Morgan fingerprint density at radius 2 is 1.88 bits per heavy atom. The average molecular weight is 344 g/mol. The molecule has 0 bridgehead atoms. The molecule has 2 heterocycles. The van der Waals surface area contributed by atoms with Crippen LogP contribution in [0.15, 0.2) is 65.8 Å². The predicted molar refractivity (Wildman–Crippen MR) is 97.0 cm³/mol. The molecule has 3 aromatic rings. The maximum absolute atomic E-state index is 13.9. The molecular formula is C22H14F2N2. The Morgan fingerprint density at radius 3 is 2.73 bits per heavy atom. The molecule has 0 radical (unpaired) electrons. The molecule has 0 spiro atoms. The van der Waals surface area contributed by atoms with Gasteiger partial charge in [0.1, 0.15) is 11.4 Å². The van der Waals surface area contributed by atoms with Gasteiger partial charge in [0.15, 0.2) is 11.6 Å². The summed E-state index contributed by atoms with van der Waals surface area (Å²) in [4.78, 5) is 8.66. The second-order valence-electron chi connectivity index (χ2n) is 6.01. The van der Waals surface area contributed by atoms with Gasteiger partial charge in [-0.25, -0.2) is 13.8 Å². The molecule has 2 aromatic carbocycles. The minimum atomic E-state index is -0.827. The van der Waals surface area contributed by atoms with Crippen LogP contribution in [-0.4, -0.2) is 10.7 Å². The molecule has 1 aliphatic rings. The lowest BCUT2D eigenvalue weighted by Gasteiger charge is -2.07. The molecule has 0 amide bonds. The van der Waals surface area contributed by atoms with Gasteiger partial charge in [-0.1, -0.05) is 30.3 Å². The van der Waals surface area contributed by atoms with E-state index in [0.717, 1.165) is 22.8 Å². The Kier molecular flexibility index (Phi) is 4.28. The van der Waals surface area contributed by atoms with Crippen LogP contribution in [0.2, 0.25) is 0 Å². The molecule has 4 rings (SSSR count). The van der Waals surface area contributed by atoms with Crippen molar-refractivity contribution in [3.05, 3.63) is 100 Å². The smallest absolute Gasteiger partial charge is 0.162 e. The van der Waals surface area contributed by atoms with E-state index in [2.05, 4.69) is 21.8 Å². The van der Waals surface area contributed by atoms with Gasteiger partial charge in [-0.05, 0) is 52.8 Å². The summed E-state index contributed by atoms with van der Waals surface area (Å²) >= 11 is 0. The van der Waals surface area contributed by atoms with Crippen molar-refractivity contribution in [3.8, 4) is 11.8 Å². The highest BCUT2D eigenvalue weighted by atomic mass is 19.2. The molecule has 0 saturated heterocycles. The van der Waals surface area contributed by atoms with E-state index >= 15 is 0 Å². The van der Waals surface area contributed by atoms with Crippen LogP contribution in [0.4, 0.5) is 8.78 Å². The number of benzene rings is 2. The molecule has 0 N–H and O–H groups in total. The van der Waals surface area contributed by atoms with E-state index in [1.165, 1.54) is 6.07 Å². The van der Waals surface area contributed by atoms with Gasteiger partial charge in [-0.3, -0.25) is 4.99 Å². The topological polar surface area (TPSA) is 25.2 Å². The number of halogens is 2. The molecule has 1 aliphatic heterocycles. The zero-order valence-corrected chi connectivity index (χ0v) is 13.8. The largest absolute Gasteiger partial charge is 0.271 e. The lowest BCUT2D eigenvalue weighted by molar-refractivity contribution is 0.501. The van der Waals surface area contributed by atoms with Crippen LogP contribution in [0.3, 0.4) is 0 Å². The fraction of sp³-hybridized carbons (Fsp3) is 0.0909. The van der Waals surface area contributed by atoms with Gasteiger partial charge in [-0.2, -0.15) is 0 Å². The molecule has 4 heteroatoms. The number of rotatable bonds is 2. The van der Waals surface area contributed by atoms with Crippen molar-refractivity contribution in [1.82, 2.24) is 4.98 Å². The molecule has 2 nitrogen and oxygen atoms in total. The summed E-state index contributed by atoms with van der Waals surface area (Å²) in [6.45, 7) is 0.580. The van der Waals surface area contributed by atoms with Crippen molar-refractivity contribution in [2.75, 3.05) is 0 Å². The number of aliphatic imine (C=N–C) groups is 1. The van der Waals surface area contributed by atoms with Crippen LogP contribution in [0.5, 0.6) is 0 Å². The number of pyridine rings is 1. The van der Waals surface area contributed by atoms with Crippen LogP contribution in [0.1, 0.15) is 27.9 Å². The van der Waals surface area contributed by atoms with Crippen molar-refractivity contribution in [2.45, 2.75) is 13.0 Å². The van der Waals surface area contributed by atoms with Gasteiger partial charge in [0.05, 0.1) is 6.54 Å². The molecule has 1 aromatic heterocycles. The maximum Gasteiger partial charge on any atom is 0.162 e. The SMILES string of the molecule is Fc1cccc(Cc2ccc3c(c2)C(C#Cc2ccccn2)=NC3)c1F. The summed E-state index contributed by atoms with van der Waals surface area (Å²) in [6, 6.07) is 15.7. The van der Waals surface area contributed by atoms with Gasteiger partial charge in [0.2, 0.25) is 0 Å². The summed E-state index contributed by atoms with van der Waals surface area (Å²) in [5.41, 5.74) is 4.64. The zero-order chi connectivity index (χ0) is 17.9. The number of nitrogens with zero attached hydrogens (tertiary/aromatic N) is 2. The summed E-state index contributed by atoms with van der Waals surface area (Å²) in [7, 11) is 0. The molecule has 0 aliphatic carbocycles. The van der Waals surface area contributed by atoms with Crippen molar-refractivity contribution in [1.29, 1.82) is 0 Å². The molecule has 0 saturated carbocycles. The summed E-state index contributed by atoms with van der Waals surface area (Å²) < 4.78 is 27.3. The number of hydrogen-bond acceptors (Lipinski definition) is 2. The predicted octanol–water partition coefficient (Wildman–Crippen LogP) is 4.31. The first-order valence-corrected chi connectivity index (χ1v) is 8.23. The van der Waals surface area contributed by atoms with Crippen molar-refractivity contribution in [3.63, 3.8) is 0 Å². The van der Waals surface area contributed by atoms with Crippen molar-refractivity contribution < 1.29 is 8.78 Å². The Bertz CT molecular complexity index is 1060. The first kappa shape index (κ1) is 16.2. The molecule has 0 unspecified atom stereocenters. The van der Waals surface area contributed by atoms with Gasteiger partial charge in [0, 0.05) is 18.2 Å². The van der Waals surface area contributed by atoms with Gasteiger partial charge in [-0.15, -0.1) is 0 Å². The van der Waals surface area contributed by atoms with Crippen LogP contribution in [0.25, 0.3) is 0 Å². The first-order valence-electron chi connectivity index (χ1n) is 8.23. The van der Waals surface area contributed by atoms with E-state index in [0.29, 0.717) is 29.9 Å². The van der Waals surface area contributed by atoms with E-state index in [9.17, 15) is 8.78 Å². The highest BCUT2D eigenvalue weighted by Crippen LogP contribution is 2.23. The molecular weight excluding hydrogens is 330 g/mol.